The number of allylic oxidation sites excluding steroid dienone is 1. The fraction of sp³-hybridized carbons (Fsp3) is 0.733. The van der Waals surface area contributed by atoms with Crippen LogP contribution in [0.3, 0.4) is 0 Å². The van der Waals surface area contributed by atoms with Crippen LogP contribution in [-0.4, -0.2) is 62.5 Å². The molecule has 23 heavy (non-hydrogen) atoms. The van der Waals surface area contributed by atoms with E-state index < -0.39 is 29.9 Å². The topological polar surface area (TPSA) is 83.1 Å². The number of hydrogen-bond donors (Lipinski definition) is 2. The normalized spacial score (nSPS) is 37.6. The van der Waals surface area contributed by atoms with Crippen LogP contribution in [0.25, 0.3) is 0 Å². The first-order chi connectivity index (χ1) is 11.1. The molecular formula is C15H23NO6S. The minimum absolute atomic E-state index is 0.0811. The van der Waals surface area contributed by atoms with E-state index in [1.807, 2.05) is 0 Å². The van der Waals surface area contributed by atoms with Gasteiger partial charge in [0.05, 0.1) is 6.42 Å². The lowest BCUT2D eigenvalue weighted by molar-refractivity contribution is -0.224. The molecule has 0 aromatic heterocycles. The van der Waals surface area contributed by atoms with E-state index in [9.17, 15) is 9.59 Å². The van der Waals surface area contributed by atoms with Gasteiger partial charge in [0.2, 0.25) is 5.91 Å². The van der Waals surface area contributed by atoms with Crippen molar-refractivity contribution >= 4 is 24.5 Å². The fourth-order valence-corrected chi connectivity index (χ4v) is 3.18. The Kier molecular flexibility index (Phi) is 6.88. The molecule has 7 nitrogen and oxygen atoms in total. The van der Waals surface area contributed by atoms with Crippen molar-refractivity contribution in [2.75, 3.05) is 20.8 Å². The van der Waals surface area contributed by atoms with Gasteiger partial charge in [-0.05, 0) is 6.42 Å². The van der Waals surface area contributed by atoms with Gasteiger partial charge >= 0.3 is 5.97 Å². The van der Waals surface area contributed by atoms with Crippen molar-refractivity contribution in [3.63, 3.8) is 0 Å². The molecule has 0 unspecified atom stereocenters. The van der Waals surface area contributed by atoms with E-state index in [1.54, 1.807) is 12.2 Å². The summed E-state index contributed by atoms with van der Waals surface area (Å²) in [7, 11) is 3.04. The van der Waals surface area contributed by atoms with Gasteiger partial charge in [-0.15, -0.1) is 12.6 Å². The van der Waals surface area contributed by atoms with Gasteiger partial charge in [-0.2, -0.15) is 0 Å². The van der Waals surface area contributed by atoms with Gasteiger partial charge in [0, 0.05) is 27.2 Å². The number of methoxy groups -OCH3 is 2. The maximum atomic E-state index is 12.0. The Morgan fingerprint density at radius 1 is 1.22 bits per heavy atom. The number of rotatable bonds is 2. The Balaban J connectivity index is 2.21. The standard InChI is InChI=1S/C15H23NO6S/c1-19-13-12-9(21-15(23)14(13)20-2)8-16-10(17)6-4-3-5-7-11(18)22-12/h3,5,9,12-15,23H,4,6-8H2,1-2H3,(H,16,17)/b5-3-/t9-,12-,13+,14-,15+/m1/s1. The molecule has 2 heterocycles. The summed E-state index contributed by atoms with van der Waals surface area (Å²) in [6.45, 7) is 0.216. The van der Waals surface area contributed by atoms with Crippen LogP contribution in [0, 0.1) is 0 Å². The molecule has 2 aliphatic rings. The molecule has 0 spiro atoms. The fourth-order valence-electron chi connectivity index (χ4n) is 2.74. The lowest BCUT2D eigenvalue weighted by Crippen LogP contribution is -2.61. The second kappa shape index (κ2) is 8.68. The first kappa shape index (κ1) is 18.3. The molecule has 1 amide bonds. The van der Waals surface area contributed by atoms with Crippen molar-refractivity contribution in [2.45, 2.75) is 49.1 Å². The first-order valence-electron chi connectivity index (χ1n) is 7.57. The molecular weight excluding hydrogens is 322 g/mol. The highest BCUT2D eigenvalue weighted by atomic mass is 32.1. The zero-order valence-electron chi connectivity index (χ0n) is 13.3. The summed E-state index contributed by atoms with van der Waals surface area (Å²) >= 11 is 4.37. The molecule has 130 valence electrons. The number of thiol groups is 1. The molecule has 0 aromatic carbocycles. The summed E-state index contributed by atoms with van der Waals surface area (Å²) in [6.07, 6.45) is 2.32. The Morgan fingerprint density at radius 2 is 1.96 bits per heavy atom. The monoisotopic (exact) mass is 345 g/mol. The molecule has 1 saturated heterocycles. The average Bonchev–Trinajstić information content (AvgIpc) is 2.52. The van der Waals surface area contributed by atoms with Crippen LogP contribution < -0.4 is 5.32 Å². The smallest absolute Gasteiger partial charge is 0.310 e. The van der Waals surface area contributed by atoms with Crippen molar-refractivity contribution in [1.29, 1.82) is 0 Å². The van der Waals surface area contributed by atoms with E-state index in [0.29, 0.717) is 12.8 Å². The van der Waals surface area contributed by atoms with Crippen LogP contribution in [0.2, 0.25) is 0 Å². The van der Waals surface area contributed by atoms with E-state index in [4.69, 9.17) is 18.9 Å². The predicted molar refractivity (Wildman–Crippen MR) is 85.1 cm³/mol. The molecule has 0 saturated carbocycles. The third-order valence-electron chi connectivity index (χ3n) is 3.91. The van der Waals surface area contributed by atoms with Gasteiger partial charge in [0.15, 0.2) is 6.10 Å². The summed E-state index contributed by atoms with van der Waals surface area (Å²) in [4.78, 5) is 23.8. The summed E-state index contributed by atoms with van der Waals surface area (Å²) < 4.78 is 22.2. The summed E-state index contributed by atoms with van der Waals surface area (Å²) in [5, 5.41) is 2.79. The Morgan fingerprint density at radius 3 is 2.65 bits per heavy atom. The second-order valence-electron chi connectivity index (χ2n) is 5.44. The number of hydrogen-bond acceptors (Lipinski definition) is 7. The Labute approximate surface area is 141 Å². The van der Waals surface area contributed by atoms with Crippen molar-refractivity contribution in [2.24, 2.45) is 0 Å². The number of ether oxygens (including phenoxy) is 4. The number of fused-ring (bicyclic) bond motifs is 1. The van der Waals surface area contributed by atoms with Gasteiger partial charge in [-0.3, -0.25) is 9.59 Å². The molecule has 0 aromatic rings. The number of nitrogens with one attached hydrogen (secondary N) is 1. The molecule has 0 radical (unpaired) electrons. The maximum absolute atomic E-state index is 12.0. The zero-order chi connectivity index (χ0) is 16.8. The van der Waals surface area contributed by atoms with Gasteiger partial charge in [0.1, 0.15) is 23.7 Å². The summed E-state index contributed by atoms with van der Waals surface area (Å²) in [5.74, 6) is -0.455. The van der Waals surface area contributed by atoms with Crippen LogP contribution in [0.1, 0.15) is 19.3 Å². The Hall–Kier alpha value is -1.09. The minimum atomic E-state index is -0.686. The molecule has 1 N–H and O–H groups in total. The second-order valence-corrected chi connectivity index (χ2v) is 5.95. The Bertz CT molecular complexity index is 457. The highest BCUT2D eigenvalue weighted by Crippen LogP contribution is 2.29. The third kappa shape index (κ3) is 4.69. The first-order valence-corrected chi connectivity index (χ1v) is 8.08. The quantitative estimate of drug-likeness (QED) is 0.429. The molecule has 1 fully saturated rings. The molecule has 5 atom stereocenters. The average molecular weight is 345 g/mol. The van der Waals surface area contributed by atoms with E-state index in [1.165, 1.54) is 14.2 Å². The van der Waals surface area contributed by atoms with Gasteiger partial charge in [0.25, 0.3) is 0 Å². The van der Waals surface area contributed by atoms with Crippen molar-refractivity contribution < 1.29 is 28.5 Å². The summed E-state index contributed by atoms with van der Waals surface area (Å²) in [5.41, 5.74) is -0.547. The van der Waals surface area contributed by atoms with Crippen LogP contribution >= 0.6 is 12.6 Å². The van der Waals surface area contributed by atoms with Gasteiger partial charge in [-0.1, -0.05) is 12.2 Å². The number of carbonyl (C=O) groups is 2. The molecule has 8 heteroatoms. The number of amides is 1. The third-order valence-corrected chi connectivity index (χ3v) is 4.33. The van der Waals surface area contributed by atoms with E-state index >= 15 is 0 Å². The van der Waals surface area contributed by atoms with Crippen LogP contribution in [0.5, 0.6) is 0 Å². The number of carbonyl (C=O) groups excluding carboxylic acids is 2. The lowest BCUT2D eigenvalue weighted by Gasteiger charge is -2.43. The molecule has 0 aliphatic carbocycles. The highest BCUT2D eigenvalue weighted by Gasteiger charge is 2.47. The lowest BCUT2D eigenvalue weighted by atomic mass is 9.98. The summed E-state index contributed by atoms with van der Waals surface area (Å²) in [6, 6.07) is 0. The highest BCUT2D eigenvalue weighted by molar-refractivity contribution is 7.80. The molecule has 0 bridgehead atoms. The van der Waals surface area contributed by atoms with Crippen LogP contribution in [0.4, 0.5) is 0 Å². The predicted octanol–water partition coefficient (Wildman–Crippen LogP) is 0.439. The van der Waals surface area contributed by atoms with Crippen LogP contribution in [-0.2, 0) is 28.5 Å². The molecule has 2 aliphatic heterocycles. The van der Waals surface area contributed by atoms with E-state index in [0.717, 1.165) is 0 Å². The molecule has 2 rings (SSSR count). The van der Waals surface area contributed by atoms with Crippen molar-refractivity contribution in [3.05, 3.63) is 12.2 Å². The van der Waals surface area contributed by atoms with Crippen molar-refractivity contribution in [3.8, 4) is 0 Å². The maximum Gasteiger partial charge on any atom is 0.310 e. The SMILES string of the molecule is CO[C@@H]1[C@@H](OC)[C@H](S)O[C@@H]2CNC(=O)CC/C=C\CC(=O)O[C@@H]12. The largest absolute Gasteiger partial charge is 0.456 e. The van der Waals surface area contributed by atoms with Crippen molar-refractivity contribution in [1.82, 2.24) is 5.32 Å². The minimum Gasteiger partial charge on any atom is -0.456 e. The number of esters is 1. The van der Waals surface area contributed by atoms with E-state index in [-0.39, 0.29) is 24.8 Å². The van der Waals surface area contributed by atoms with E-state index in [2.05, 4.69) is 17.9 Å². The van der Waals surface area contributed by atoms with Gasteiger partial charge < -0.3 is 24.3 Å². The zero-order valence-corrected chi connectivity index (χ0v) is 14.2. The van der Waals surface area contributed by atoms with Crippen LogP contribution in [0.15, 0.2) is 12.2 Å². The van der Waals surface area contributed by atoms with Gasteiger partial charge in [-0.25, -0.2) is 0 Å².